The minimum atomic E-state index is -1.42. The van der Waals surface area contributed by atoms with Crippen molar-refractivity contribution in [3.8, 4) is 35.1 Å². The molecule has 200 valence electrons. The smallest absolute Gasteiger partial charge is 0.333 e. The first kappa shape index (κ1) is 27.2. The molecule has 4 aromatic rings. The highest BCUT2D eigenvalue weighted by Gasteiger charge is 2.34. The maximum absolute atomic E-state index is 12.1. The number of aliphatic hydroxyl groups is 1. The molecule has 0 aliphatic rings. The molecule has 0 saturated heterocycles. The highest BCUT2D eigenvalue weighted by Crippen LogP contribution is 2.38. The summed E-state index contributed by atoms with van der Waals surface area (Å²) >= 11 is 0. The fraction of sp³-hybridized carbons (Fsp3) is 0.194. The van der Waals surface area contributed by atoms with Gasteiger partial charge in [0.2, 0.25) is 11.8 Å². The van der Waals surface area contributed by atoms with E-state index in [1.165, 1.54) is 12.1 Å². The van der Waals surface area contributed by atoms with Crippen molar-refractivity contribution in [2.75, 3.05) is 14.2 Å². The predicted octanol–water partition coefficient (Wildman–Crippen LogP) is 4.38. The van der Waals surface area contributed by atoms with Crippen LogP contribution in [0.3, 0.4) is 0 Å². The molecule has 4 rings (SSSR count). The molecule has 0 amide bonds. The molecular weight excluding hydrogens is 498 g/mol. The normalized spacial score (nSPS) is 10.8. The maximum Gasteiger partial charge on any atom is 0.333 e. The summed E-state index contributed by atoms with van der Waals surface area (Å²) in [5, 5.41) is 31.1. The number of aromatic hydroxyl groups is 2. The van der Waals surface area contributed by atoms with Crippen LogP contribution in [0.1, 0.15) is 41.5 Å². The molecule has 0 spiro atoms. The van der Waals surface area contributed by atoms with E-state index >= 15 is 0 Å². The van der Waals surface area contributed by atoms with Crippen LogP contribution < -0.4 is 14.3 Å². The molecule has 0 unspecified atom stereocenters. The van der Waals surface area contributed by atoms with Crippen molar-refractivity contribution >= 4 is 5.97 Å². The number of hydrogen-bond acceptors (Lipinski definition) is 7. The van der Waals surface area contributed by atoms with Crippen LogP contribution in [-0.2, 0) is 10.4 Å². The summed E-state index contributed by atoms with van der Waals surface area (Å²) in [5.41, 5.74) is 1.37. The van der Waals surface area contributed by atoms with Crippen LogP contribution in [0.5, 0.6) is 23.3 Å². The Labute approximate surface area is 226 Å². The van der Waals surface area contributed by atoms with Gasteiger partial charge in [-0.25, -0.2) is 4.79 Å². The molecule has 8 nitrogen and oxygen atoms in total. The van der Waals surface area contributed by atoms with Crippen LogP contribution in [0.2, 0.25) is 0 Å². The fourth-order valence-electron chi connectivity index (χ4n) is 4.09. The zero-order valence-electron chi connectivity index (χ0n) is 21.6. The third kappa shape index (κ3) is 6.17. The van der Waals surface area contributed by atoms with Gasteiger partial charge < -0.3 is 29.6 Å². The molecule has 1 heterocycles. The summed E-state index contributed by atoms with van der Waals surface area (Å²) in [7, 11) is 3.19. The summed E-state index contributed by atoms with van der Waals surface area (Å²) in [4.78, 5) is 16.9. The molecule has 1 aromatic heterocycles. The number of methoxy groups -OCH3 is 2. The lowest BCUT2D eigenvalue weighted by Gasteiger charge is -2.30. The average Bonchev–Trinajstić information content (AvgIpc) is 3.29. The Hall–Kier alpha value is -4.87. The molecule has 3 aromatic carbocycles. The molecule has 0 saturated carbocycles. The van der Waals surface area contributed by atoms with Gasteiger partial charge in [-0.1, -0.05) is 48.2 Å². The van der Waals surface area contributed by atoms with Crippen LogP contribution in [0.15, 0.2) is 84.9 Å². The Morgan fingerprint density at radius 2 is 1.23 bits per heavy atom. The lowest BCUT2D eigenvalue weighted by Crippen LogP contribution is -2.28. The summed E-state index contributed by atoms with van der Waals surface area (Å²) in [6.45, 7) is 0. The Morgan fingerprint density at radius 3 is 1.69 bits per heavy atom. The van der Waals surface area contributed by atoms with Crippen molar-refractivity contribution in [3.05, 3.63) is 107 Å². The van der Waals surface area contributed by atoms with Gasteiger partial charge in [-0.2, -0.15) is 0 Å². The van der Waals surface area contributed by atoms with E-state index in [0.29, 0.717) is 45.8 Å². The predicted molar refractivity (Wildman–Crippen MR) is 145 cm³/mol. The third-order valence-electron chi connectivity index (χ3n) is 6.22. The van der Waals surface area contributed by atoms with Gasteiger partial charge in [-0.05, 0) is 59.5 Å². The molecule has 39 heavy (non-hydrogen) atoms. The highest BCUT2D eigenvalue weighted by atomic mass is 16.7. The molecular formula is C31H29NO7. The summed E-state index contributed by atoms with van der Waals surface area (Å²) in [5.74, 6) is 6.15. The second-order valence-corrected chi connectivity index (χ2v) is 8.71. The molecule has 0 atom stereocenters. The van der Waals surface area contributed by atoms with E-state index < -0.39 is 11.6 Å². The first-order chi connectivity index (χ1) is 18.8. The van der Waals surface area contributed by atoms with Gasteiger partial charge >= 0.3 is 5.97 Å². The summed E-state index contributed by atoms with van der Waals surface area (Å²) in [6.07, 6.45) is 0.963. The van der Waals surface area contributed by atoms with Gasteiger partial charge in [0.15, 0.2) is 0 Å². The SMILES string of the molecule is COc1ccc(C(O)(c2ccc(C#CCCCC(=O)On3c(O)ccc3O)cc2)c2ccc(OC)cc2)cc1. The minimum absolute atomic E-state index is 0.0709. The van der Waals surface area contributed by atoms with Gasteiger partial charge in [0.1, 0.15) is 17.1 Å². The van der Waals surface area contributed by atoms with Crippen molar-refractivity contribution in [1.82, 2.24) is 4.73 Å². The minimum Gasteiger partial charge on any atom is -0.497 e. The number of unbranched alkanes of at least 4 members (excludes halogenated alkanes) is 1. The summed E-state index contributed by atoms with van der Waals surface area (Å²) in [6, 6.07) is 24.4. The third-order valence-corrected chi connectivity index (χ3v) is 6.22. The topological polar surface area (TPSA) is 110 Å². The molecule has 0 radical (unpaired) electrons. The van der Waals surface area contributed by atoms with E-state index in [9.17, 15) is 20.1 Å². The number of hydrogen-bond donors (Lipinski definition) is 3. The standard InChI is InChI=1S/C31H29NO7/c1-37-26-16-12-24(13-17-26)31(36,25-14-18-27(38-2)19-15-25)23-10-8-22(9-11-23)6-4-3-5-7-30(35)39-32-28(33)20-21-29(32)34/h8-21,33-34,36H,3,5,7H2,1-2H3. The number of rotatable bonds is 9. The first-order valence-electron chi connectivity index (χ1n) is 12.3. The average molecular weight is 528 g/mol. The highest BCUT2D eigenvalue weighted by molar-refractivity contribution is 5.70. The summed E-state index contributed by atoms with van der Waals surface area (Å²) < 4.78 is 11.2. The van der Waals surface area contributed by atoms with Crippen LogP contribution >= 0.6 is 0 Å². The Bertz CT molecular complexity index is 1390. The lowest BCUT2D eigenvalue weighted by atomic mass is 9.80. The number of ether oxygens (including phenoxy) is 2. The van der Waals surface area contributed by atoms with E-state index in [-0.39, 0.29) is 18.2 Å². The van der Waals surface area contributed by atoms with E-state index in [4.69, 9.17) is 14.3 Å². The van der Waals surface area contributed by atoms with Crippen molar-refractivity contribution in [1.29, 1.82) is 0 Å². The van der Waals surface area contributed by atoms with Crippen molar-refractivity contribution in [2.45, 2.75) is 24.9 Å². The quantitative estimate of drug-likeness (QED) is 0.168. The Balaban J connectivity index is 1.46. The Morgan fingerprint density at radius 1 is 0.769 bits per heavy atom. The fourth-order valence-corrected chi connectivity index (χ4v) is 4.09. The molecule has 0 fully saturated rings. The Kier molecular flexibility index (Phi) is 8.44. The van der Waals surface area contributed by atoms with Crippen molar-refractivity contribution < 1.29 is 34.4 Å². The van der Waals surface area contributed by atoms with Crippen LogP contribution in [0, 0.1) is 11.8 Å². The van der Waals surface area contributed by atoms with Gasteiger partial charge in [0.25, 0.3) is 0 Å². The monoisotopic (exact) mass is 527 g/mol. The number of benzene rings is 3. The molecule has 8 heteroatoms. The van der Waals surface area contributed by atoms with Crippen LogP contribution in [-0.4, -0.2) is 40.2 Å². The van der Waals surface area contributed by atoms with E-state index in [1.54, 1.807) is 14.2 Å². The number of aromatic nitrogens is 1. The van der Waals surface area contributed by atoms with E-state index in [1.807, 2.05) is 72.8 Å². The molecule has 3 N–H and O–H groups in total. The molecule has 0 bridgehead atoms. The first-order valence-corrected chi connectivity index (χ1v) is 12.3. The van der Waals surface area contributed by atoms with Gasteiger partial charge in [0.05, 0.1) is 14.2 Å². The van der Waals surface area contributed by atoms with Crippen LogP contribution in [0.25, 0.3) is 0 Å². The van der Waals surface area contributed by atoms with Crippen molar-refractivity contribution in [3.63, 3.8) is 0 Å². The van der Waals surface area contributed by atoms with Crippen LogP contribution in [0.4, 0.5) is 0 Å². The maximum atomic E-state index is 12.1. The number of carbonyl (C=O) groups excluding carboxylic acids is 1. The number of nitrogens with zero attached hydrogens (tertiary/aromatic N) is 1. The van der Waals surface area contributed by atoms with Gasteiger partial charge in [0, 0.05) is 30.5 Å². The number of carbonyl (C=O) groups is 1. The zero-order valence-corrected chi connectivity index (χ0v) is 21.6. The molecule has 0 aliphatic carbocycles. The van der Waals surface area contributed by atoms with Crippen molar-refractivity contribution in [2.24, 2.45) is 0 Å². The zero-order chi connectivity index (χ0) is 27.8. The lowest BCUT2D eigenvalue weighted by molar-refractivity contribution is -0.145. The van der Waals surface area contributed by atoms with Gasteiger partial charge in [-0.15, -0.1) is 4.73 Å². The molecule has 0 aliphatic heterocycles. The van der Waals surface area contributed by atoms with E-state index in [0.717, 1.165) is 5.56 Å². The largest absolute Gasteiger partial charge is 0.497 e. The second kappa shape index (κ2) is 12.1. The second-order valence-electron chi connectivity index (χ2n) is 8.71. The van der Waals surface area contributed by atoms with Gasteiger partial charge in [-0.3, -0.25) is 0 Å². The van der Waals surface area contributed by atoms with E-state index in [2.05, 4.69) is 11.8 Å².